The second kappa shape index (κ2) is 6.90. The number of carbonyl (C=O) groups excluding carboxylic acids is 1. The molecule has 0 atom stereocenters. The second-order valence-electron chi connectivity index (χ2n) is 4.89. The number of benzene rings is 2. The van der Waals surface area contributed by atoms with Gasteiger partial charge in [0.2, 0.25) is 10.0 Å². The fourth-order valence-electron chi connectivity index (χ4n) is 1.90. The lowest BCUT2D eigenvalue weighted by Gasteiger charge is -2.04. The highest BCUT2D eigenvalue weighted by atomic mass is 32.2. The Bertz CT molecular complexity index is 892. The fourth-order valence-corrected chi connectivity index (χ4v) is 2.46. The number of carbonyl (C=O) groups is 1. The quantitative estimate of drug-likeness (QED) is 0.676. The summed E-state index contributed by atoms with van der Waals surface area (Å²) in [4.78, 5) is 12.1. The van der Waals surface area contributed by atoms with Gasteiger partial charge in [0, 0.05) is 11.3 Å². The zero-order valence-corrected chi connectivity index (χ0v) is 13.2. The summed E-state index contributed by atoms with van der Waals surface area (Å²) in [6.07, 6.45) is 4.10. The molecule has 0 heterocycles. The third-order valence-corrected chi connectivity index (χ3v) is 3.52. The van der Waals surface area contributed by atoms with Crippen LogP contribution in [0.1, 0.15) is 21.5 Å². The molecule has 0 radical (unpaired) electrons. The third kappa shape index (κ3) is 5.09. The van der Waals surface area contributed by atoms with Crippen LogP contribution in [0.2, 0.25) is 0 Å². The average molecular weight is 326 g/mol. The molecular formula is C17H14N2O3S. The monoisotopic (exact) mass is 326 g/mol. The van der Waals surface area contributed by atoms with Crippen LogP contribution < -0.4 is 4.72 Å². The van der Waals surface area contributed by atoms with Crippen molar-refractivity contribution in [3.8, 4) is 6.07 Å². The van der Waals surface area contributed by atoms with Gasteiger partial charge in [-0.1, -0.05) is 18.2 Å². The zero-order valence-electron chi connectivity index (χ0n) is 12.4. The van der Waals surface area contributed by atoms with Crippen LogP contribution in [0.15, 0.2) is 54.6 Å². The van der Waals surface area contributed by atoms with Crippen LogP contribution in [-0.2, 0) is 10.0 Å². The predicted molar refractivity (Wildman–Crippen MR) is 89.4 cm³/mol. The van der Waals surface area contributed by atoms with Gasteiger partial charge in [0.05, 0.1) is 17.9 Å². The van der Waals surface area contributed by atoms with Crippen LogP contribution in [0.3, 0.4) is 0 Å². The zero-order chi connectivity index (χ0) is 16.9. The van der Waals surface area contributed by atoms with E-state index in [0.717, 1.165) is 11.8 Å². The number of nitriles is 1. The lowest BCUT2D eigenvalue weighted by atomic mass is 10.1. The first kappa shape index (κ1) is 16.5. The second-order valence-corrected chi connectivity index (χ2v) is 6.63. The van der Waals surface area contributed by atoms with Crippen molar-refractivity contribution in [2.75, 3.05) is 11.0 Å². The van der Waals surface area contributed by atoms with Crippen LogP contribution in [0.4, 0.5) is 5.69 Å². The highest BCUT2D eigenvalue weighted by molar-refractivity contribution is 7.92. The van der Waals surface area contributed by atoms with E-state index in [-0.39, 0.29) is 5.78 Å². The van der Waals surface area contributed by atoms with Crippen LogP contribution in [0, 0.1) is 11.3 Å². The van der Waals surface area contributed by atoms with Crippen molar-refractivity contribution in [3.05, 3.63) is 71.3 Å². The molecule has 0 bridgehead atoms. The van der Waals surface area contributed by atoms with Crippen molar-refractivity contribution in [2.45, 2.75) is 0 Å². The van der Waals surface area contributed by atoms with Gasteiger partial charge in [-0.25, -0.2) is 8.42 Å². The van der Waals surface area contributed by atoms with Gasteiger partial charge in [-0.2, -0.15) is 5.26 Å². The summed E-state index contributed by atoms with van der Waals surface area (Å²) in [5, 5.41) is 8.83. The van der Waals surface area contributed by atoms with E-state index in [1.165, 1.54) is 18.2 Å². The molecular weight excluding hydrogens is 312 g/mol. The van der Waals surface area contributed by atoms with E-state index in [2.05, 4.69) is 4.72 Å². The highest BCUT2D eigenvalue weighted by Gasteiger charge is 2.04. The number of anilines is 1. The molecule has 1 N–H and O–H groups in total. The molecule has 2 rings (SSSR count). The maximum absolute atomic E-state index is 12.1. The Hall–Kier alpha value is -2.91. The van der Waals surface area contributed by atoms with Crippen molar-refractivity contribution in [2.24, 2.45) is 0 Å². The molecule has 0 saturated heterocycles. The van der Waals surface area contributed by atoms with Gasteiger partial charge < -0.3 is 0 Å². The first-order chi connectivity index (χ1) is 10.9. The van der Waals surface area contributed by atoms with E-state index in [4.69, 9.17) is 5.26 Å². The van der Waals surface area contributed by atoms with E-state index in [1.54, 1.807) is 42.5 Å². The standard InChI is InChI=1S/C17H14N2O3S/c1-23(21,22)19-16-8-6-15(7-9-16)17(20)10-5-13-3-2-4-14(11-13)12-18/h2-11,19H,1H3/b10-5+. The lowest BCUT2D eigenvalue weighted by Crippen LogP contribution is -2.09. The Morgan fingerprint density at radius 2 is 1.87 bits per heavy atom. The van der Waals surface area contributed by atoms with E-state index < -0.39 is 10.0 Å². The molecule has 0 amide bonds. The molecule has 0 aliphatic heterocycles. The van der Waals surface area contributed by atoms with Gasteiger partial charge in [-0.15, -0.1) is 0 Å². The average Bonchev–Trinajstić information content (AvgIpc) is 2.52. The summed E-state index contributed by atoms with van der Waals surface area (Å²) in [7, 11) is -3.34. The Labute approximate surface area is 134 Å². The molecule has 23 heavy (non-hydrogen) atoms. The van der Waals surface area contributed by atoms with Gasteiger partial charge in [-0.05, 0) is 48.0 Å². The number of nitrogens with zero attached hydrogens (tertiary/aromatic N) is 1. The largest absolute Gasteiger partial charge is 0.289 e. The number of allylic oxidation sites excluding steroid dienone is 1. The summed E-state index contributed by atoms with van der Waals surface area (Å²) >= 11 is 0. The molecule has 5 nitrogen and oxygen atoms in total. The molecule has 116 valence electrons. The fraction of sp³-hybridized carbons (Fsp3) is 0.0588. The van der Waals surface area contributed by atoms with E-state index in [1.807, 2.05) is 6.07 Å². The maximum atomic E-state index is 12.1. The predicted octanol–water partition coefficient (Wildman–Crippen LogP) is 2.83. The summed E-state index contributed by atoms with van der Waals surface area (Å²) < 4.78 is 24.6. The minimum atomic E-state index is -3.34. The van der Waals surface area contributed by atoms with Crippen molar-refractivity contribution in [3.63, 3.8) is 0 Å². The van der Waals surface area contributed by atoms with Gasteiger partial charge >= 0.3 is 0 Å². The number of sulfonamides is 1. The molecule has 0 fully saturated rings. The molecule has 0 aromatic heterocycles. The number of hydrogen-bond donors (Lipinski definition) is 1. The first-order valence-corrected chi connectivity index (χ1v) is 8.57. The van der Waals surface area contributed by atoms with Gasteiger partial charge in [0.1, 0.15) is 0 Å². The minimum absolute atomic E-state index is 0.210. The first-order valence-electron chi connectivity index (χ1n) is 6.68. The number of hydrogen-bond acceptors (Lipinski definition) is 4. The number of rotatable bonds is 5. The minimum Gasteiger partial charge on any atom is -0.289 e. The maximum Gasteiger partial charge on any atom is 0.229 e. The molecule has 0 spiro atoms. The van der Waals surface area contributed by atoms with Gasteiger partial charge in [0.15, 0.2) is 5.78 Å². The number of nitrogens with one attached hydrogen (secondary N) is 1. The summed E-state index contributed by atoms with van der Waals surface area (Å²) in [5.74, 6) is -0.210. The topological polar surface area (TPSA) is 87.0 Å². The lowest BCUT2D eigenvalue weighted by molar-refractivity contribution is 0.104. The summed E-state index contributed by atoms with van der Waals surface area (Å²) in [5.41, 5.74) is 2.12. The van der Waals surface area contributed by atoms with E-state index in [0.29, 0.717) is 16.8 Å². The van der Waals surface area contributed by atoms with Gasteiger partial charge in [0.25, 0.3) is 0 Å². The molecule has 0 aliphatic rings. The highest BCUT2D eigenvalue weighted by Crippen LogP contribution is 2.13. The molecule has 6 heteroatoms. The van der Waals surface area contributed by atoms with Crippen LogP contribution >= 0.6 is 0 Å². The Balaban J connectivity index is 2.11. The summed E-state index contributed by atoms with van der Waals surface area (Å²) in [6, 6.07) is 15.1. The molecule has 0 saturated carbocycles. The number of ketones is 1. The molecule has 0 aliphatic carbocycles. The summed E-state index contributed by atoms with van der Waals surface area (Å²) in [6.45, 7) is 0. The molecule has 2 aromatic rings. The molecule has 2 aromatic carbocycles. The van der Waals surface area contributed by atoms with E-state index in [9.17, 15) is 13.2 Å². The van der Waals surface area contributed by atoms with Crippen molar-refractivity contribution in [1.29, 1.82) is 5.26 Å². The van der Waals surface area contributed by atoms with Crippen LogP contribution in [0.5, 0.6) is 0 Å². The third-order valence-electron chi connectivity index (χ3n) is 2.92. The van der Waals surface area contributed by atoms with Crippen LogP contribution in [-0.4, -0.2) is 20.5 Å². The SMILES string of the molecule is CS(=O)(=O)Nc1ccc(C(=O)/C=C/c2cccc(C#N)c2)cc1. The smallest absolute Gasteiger partial charge is 0.229 e. The van der Waals surface area contributed by atoms with Crippen molar-refractivity contribution >= 4 is 27.6 Å². The van der Waals surface area contributed by atoms with Gasteiger partial charge in [-0.3, -0.25) is 9.52 Å². The van der Waals surface area contributed by atoms with Crippen molar-refractivity contribution < 1.29 is 13.2 Å². The Kier molecular flexibility index (Phi) is 4.94. The van der Waals surface area contributed by atoms with Crippen LogP contribution in [0.25, 0.3) is 6.08 Å². The Morgan fingerprint density at radius 3 is 2.48 bits per heavy atom. The van der Waals surface area contributed by atoms with E-state index >= 15 is 0 Å². The normalized spacial score (nSPS) is 11.1. The molecule has 0 unspecified atom stereocenters. The Morgan fingerprint density at radius 1 is 1.17 bits per heavy atom. The van der Waals surface area contributed by atoms with Crippen molar-refractivity contribution in [1.82, 2.24) is 0 Å².